The summed E-state index contributed by atoms with van der Waals surface area (Å²) in [7, 11) is 0. The van der Waals surface area contributed by atoms with Gasteiger partial charge in [-0.05, 0) is 38.1 Å². The first kappa shape index (κ1) is 14.9. The second-order valence-corrected chi connectivity index (χ2v) is 5.93. The molecule has 7 heteroatoms. The molecule has 0 aliphatic heterocycles. The number of carbonyl (C=O) groups is 1. The van der Waals surface area contributed by atoms with Crippen LogP contribution >= 0.6 is 23.4 Å². The zero-order chi connectivity index (χ0) is 14.7. The summed E-state index contributed by atoms with van der Waals surface area (Å²) in [5, 5.41) is 7.10. The van der Waals surface area contributed by atoms with Gasteiger partial charge in [0.1, 0.15) is 0 Å². The van der Waals surface area contributed by atoms with Crippen molar-refractivity contribution in [3.8, 4) is 0 Å². The Morgan fingerprint density at radius 1 is 1.45 bits per heavy atom. The van der Waals surface area contributed by atoms with Crippen LogP contribution < -0.4 is 5.69 Å². The van der Waals surface area contributed by atoms with E-state index in [4.69, 9.17) is 11.6 Å². The van der Waals surface area contributed by atoms with Gasteiger partial charge in [0.15, 0.2) is 10.9 Å². The van der Waals surface area contributed by atoms with Gasteiger partial charge in [-0.1, -0.05) is 23.4 Å². The largest absolute Gasteiger partial charge is 0.343 e. The smallest absolute Gasteiger partial charge is 0.293 e. The van der Waals surface area contributed by atoms with Crippen LogP contribution in [-0.4, -0.2) is 25.8 Å². The number of nitrogens with one attached hydrogen (secondary N) is 1. The first-order chi connectivity index (χ1) is 9.52. The van der Waals surface area contributed by atoms with Crippen LogP contribution in [0.25, 0.3) is 0 Å². The molecular weight excluding hydrogens is 298 g/mol. The van der Waals surface area contributed by atoms with Crippen molar-refractivity contribution in [3.63, 3.8) is 0 Å². The number of aromatic nitrogens is 3. The van der Waals surface area contributed by atoms with Gasteiger partial charge in [-0.2, -0.15) is 0 Å². The van der Waals surface area contributed by atoms with Gasteiger partial charge in [0, 0.05) is 17.1 Å². The third kappa shape index (κ3) is 3.13. The molecule has 1 N–H and O–H groups in total. The molecule has 0 aliphatic rings. The number of nitrogens with zero attached hydrogens (tertiary/aromatic N) is 2. The monoisotopic (exact) mass is 311 g/mol. The van der Waals surface area contributed by atoms with E-state index in [-0.39, 0.29) is 16.7 Å². The highest BCUT2D eigenvalue weighted by atomic mass is 35.5. The zero-order valence-electron chi connectivity index (χ0n) is 11.1. The molecule has 0 saturated carbocycles. The molecule has 2 aromatic rings. The minimum absolute atomic E-state index is 0.0234. The van der Waals surface area contributed by atoms with Crippen LogP contribution in [0.5, 0.6) is 0 Å². The minimum Gasteiger partial charge on any atom is -0.293 e. The van der Waals surface area contributed by atoms with Crippen molar-refractivity contribution in [1.29, 1.82) is 0 Å². The number of hydrogen-bond donors (Lipinski definition) is 1. The summed E-state index contributed by atoms with van der Waals surface area (Å²) in [6, 6.07) is 6.75. The molecule has 1 atom stereocenters. The van der Waals surface area contributed by atoms with E-state index in [0.717, 1.165) is 0 Å². The number of benzene rings is 1. The Hall–Kier alpha value is -1.53. The molecule has 1 heterocycles. The Balaban J connectivity index is 2.15. The van der Waals surface area contributed by atoms with Crippen LogP contribution in [0.3, 0.4) is 0 Å². The first-order valence-corrected chi connectivity index (χ1v) is 7.40. The summed E-state index contributed by atoms with van der Waals surface area (Å²) in [5.74, 6) is -0.0234. The van der Waals surface area contributed by atoms with Crippen molar-refractivity contribution in [1.82, 2.24) is 14.8 Å². The molecule has 0 radical (unpaired) electrons. The van der Waals surface area contributed by atoms with Crippen LogP contribution in [0.15, 0.2) is 34.2 Å². The average Bonchev–Trinajstić information content (AvgIpc) is 2.79. The third-order valence-electron chi connectivity index (χ3n) is 2.82. The Morgan fingerprint density at radius 2 is 2.10 bits per heavy atom. The van der Waals surface area contributed by atoms with Crippen LogP contribution in [0.1, 0.15) is 24.2 Å². The number of halogens is 1. The molecule has 0 saturated heterocycles. The van der Waals surface area contributed by atoms with Crippen molar-refractivity contribution in [3.05, 3.63) is 45.3 Å². The summed E-state index contributed by atoms with van der Waals surface area (Å²) in [5.41, 5.74) is 0.330. The highest BCUT2D eigenvalue weighted by Crippen LogP contribution is 2.23. The van der Waals surface area contributed by atoms with Gasteiger partial charge in [0.25, 0.3) is 0 Å². The third-order valence-corrected chi connectivity index (χ3v) is 4.16. The van der Waals surface area contributed by atoms with Crippen LogP contribution in [0.4, 0.5) is 0 Å². The van der Waals surface area contributed by atoms with E-state index < -0.39 is 0 Å². The number of H-pyrrole nitrogens is 1. The topological polar surface area (TPSA) is 67.8 Å². The normalized spacial score (nSPS) is 12.3. The fourth-order valence-electron chi connectivity index (χ4n) is 1.73. The molecule has 1 unspecified atom stereocenters. The lowest BCUT2D eigenvalue weighted by molar-refractivity contribution is 0.0994. The fourth-order valence-corrected chi connectivity index (χ4v) is 2.86. The van der Waals surface area contributed by atoms with Gasteiger partial charge in [-0.25, -0.2) is 9.89 Å². The lowest BCUT2D eigenvalue weighted by Gasteiger charge is -2.10. The highest BCUT2D eigenvalue weighted by Gasteiger charge is 2.19. The molecule has 2 rings (SSSR count). The first-order valence-electron chi connectivity index (χ1n) is 6.14. The second kappa shape index (κ2) is 6.28. The molecule has 1 aromatic carbocycles. The summed E-state index contributed by atoms with van der Waals surface area (Å²) in [6.07, 6.45) is 0. The molecule has 0 spiro atoms. The predicted octanol–water partition coefficient (Wildman–Crippen LogP) is 2.61. The molecule has 0 fully saturated rings. The van der Waals surface area contributed by atoms with E-state index in [0.29, 0.717) is 22.3 Å². The second-order valence-electron chi connectivity index (χ2n) is 4.19. The number of carbonyl (C=O) groups excluding carboxylic acids is 1. The van der Waals surface area contributed by atoms with E-state index in [1.807, 2.05) is 6.92 Å². The highest BCUT2D eigenvalue weighted by molar-refractivity contribution is 8.00. The lowest BCUT2D eigenvalue weighted by atomic mass is 10.1. The number of aromatic amines is 1. The van der Waals surface area contributed by atoms with Crippen molar-refractivity contribution in [2.75, 3.05) is 0 Å². The summed E-state index contributed by atoms with van der Waals surface area (Å²) in [4.78, 5) is 23.7. The summed E-state index contributed by atoms with van der Waals surface area (Å²) in [6.45, 7) is 4.16. The van der Waals surface area contributed by atoms with Crippen LogP contribution in [0.2, 0.25) is 5.02 Å². The molecule has 0 aliphatic carbocycles. The van der Waals surface area contributed by atoms with Gasteiger partial charge < -0.3 is 0 Å². The lowest BCUT2D eigenvalue weighted by Crippen LogP contribution is -2.18. The van der Waals surface area contributed by atoms with Crippen molar-refractivity contribution in [2.24, 2.45) is 0 Å². The van der Waals surface area contributed by atoms with Crippen molar-refractivity contribution in [2.45, 2.75) is 30.8 Å². The maximum Gasteiger partial charge on any atom is 0.343 e. The molecule has 1 aromatic heterocycles. The SMILES string of the molecule is CCn1c(SC(C)C(=O)c2ccc(Cl)cc2)n[nH]c1=O. The van der Waals surface area contributed by atoms with E-state index >= 15 is 0 Å². The standard InChI is InChI=1S/C13H14ClN3O2S/c1-3-17-12(19)15-16-13(17)20-8(2)11(18)9-4-6-10(14)7-5-9/h4-8H,3H2,1-2H3,(H,15,19). The Morgan fingerprint density at radius 3 is 2.70 bits per heavy atom. The number of rotatable bonds is 5. The molecule has 20 heavy (non-hydrogen) atoms. The predicted molar refractivity (Wildman–Crippen MR) is 79.6 cm³/mol. The Bertz CT molecular complexity index is 663. The minimum atomic E-state index is -0.336. The molecule has 106 valence electrons. The average molecular weight is 312 g/mol. The van der Waals surface area contributed by atoms with E-state index in [1.165, 1.54) is 16.3 Å². The van der Waals surface area contributed by atoms with Gasteiger partial charge in [0.05, 0.1) is 5.25 Å². The van der Waals surface area contributed by atoms with Gasteiger partial charge >= 0.3 is 5.69 Å². The molecule has 5 nitrogen and oxygen atoms in total. The van der Waals surface area contributed by atoms with E-state index in [9.17, 15) is 9.59 Å². The van der Waals surface area contributed by atoms with Gasteiger partial charge in [-0.15, -0.1) is 5.10 Å². The van der Waals surface area contributed by atoms with Crippen LogP contribution in [-0.2, 0) is 6.54 Å². The van der Waals surface area contributed by atoms with E-state index in [1.54, 1.807) is 31.2 Å². The maximum absolute atomic E-state index is 12.3. The van der Waals surface area contributed by atoms with E-state index in [2.05, 4.69) is 10.2 Å². The maximum atomic E-state index is 12.3. The Kier molecular flexibility index (Phi) is 4.67. The molecule has 0 amide bonds. The summed E-state index contributed by atoms with van der Waals surface area (Å²) >= 11 is 7.06. The number of Topliss-reactive ketones (excluding diaryl/α,β-unsaturated/α-hetero) is 1. The van der Waals surface area contributed by atoms with Crippen molar-refractivity contribution < 1.29 is 4.79 Å². The molecular formula is C13H14ClN3O2S. The van der Waals surface area contributed by atoms with Crippen LogP contribution in [0, 0.1) is 0 Å². The summed E-state index contributed by atoms with van der Waals surface area (Å²) < 4.78 is 1.50. The van der Waals surface area contributed by atoms with Crippen molar-refractivity contribution >= 4 is 29.1 Å². The fraction of sp³-hybridized carbons (Fsp3) is 0.308. The quantitative estimate of drug-likeness (QED) is 0.681. The zero-order valence-corrected chi connectivity index (χ0v) is 12.7. The number of thioether (sulfide) groups is 1. The van der Waals surface area contributed by atoms with Gasteiger partial charge in [0.2, 0.25) is 0 Å². The number of ketones is 1. The van der Waals surface area contributed by atoms with Gasteiger partial charge in [-0.3, -0.25) is 9.36 Å². The number of hydrogen-bond acceptors (Lipinski definition) is 4. The molecule has 0 bridgehead atoms. The Labute approximate surface area is 125 Å².